The molecule has 0 rings (SSSR count). The van der Waals surface area contributed by atoms with E-state index in [1.165, 1.54) is 0 Å². The summed E-state index contributed by atoms with van der Waals surface area (Å²) < 4.78 is 0. The number of hydrogen-bond donors (Lipinski definition) is 3. The van der Waals surface area contributed by atoms with Crippen molar-refractivity contribution < 1.29 is 14.4 Å². The molecular weight excluding hydrogens is 148 g/mol. The van der Waals surface area contributed by atoms with E-state index in [0.29, 0.717) is 6.42 Å². The van der Waals surface area contributed by atoms with Gasteiger partial charge in [0.1, 0.15) is 0 Å². The standard InChI is InChI=1S/C6H16O3Si/c1-4-5-6(2,3)10(7,8)9/h7-9H,4-5H2,1-3H3. The summed E-state index contributed by atoms with van der Waals surface area (Å²) in [7, 11) is -3.91. The second-order valence-electron chi connectivity index (χ2n) is 3.27. The highest BCUT2D eigenvalue weighted by Gasteiger charge is 2.45. The molecule has 0 spiro atoms. The van der Waals surface area contributed by atoms with Crippen molar-refractivity contribution >= 4 is 8.80 Å². The number of hydrogen-bond acceptors (Lipinski definition) is 3. The van der Waals surface area contributed by atoms with Crippen LogP contribution in [-0.4, -0.2) is 23.2 Å². The molecule has 0 aliphatic heterocycles. The molecular formula is C6H16O3Si. The van der Waals surface area contributed by atoms with Crippen LogP contribution in [0.25, 0.3) is 0 Å². The fourth-order valence-corrected chi connectivity index (χ4v) is 1.38. The molecule has 0 aliphatic rings. The normalized spacial score (nSPS) is 13.8. The zero-order chi connectivity index (χ0) is 8.41. The largest absolute Gasteiger partial charge is 0.498 e. The summed E-state index contributed by atoms with van der Waals surface area (Å²) in [6.45, 7) is 5.29. The lowest BCUT2D eigenvalue weighted by Gasteiger charge is -2.29. The first-order valence-corrected chi connectivity index (χ1v) is 5.32. The van der Waals surface area contributed by atoms with Crippen LogP contribution in [0.5, 0.6) is 0 Å². The first kappa shape index (κ1) is 10.1. The van der Waals surface area contributed by atoms with Crippen molar-refractivity contribution in [3.05, 3.63) is 0 Å². The summed E-state index contributed by atoms with van der Waals surface area (Å²) in [5.41, 5.74) is 0. The quantitative estimate of drug-likeness (QED) is 0.532. The second-order valence-corrected chi connectivity index (χ2v) is 5.89. The smallest absolute Gasteiger partial charge is 0.390 e. The molecule has 0 atom stereocenters. The zero-order valence-corrected chi connectivity index (χ0v) is 7.76. The van der Waals surface area contributed by atoms with E-state index >= 15 is 0 Å². The molecule has 0 aliphatic carbocycles. The molecule has 0 aromatic rings. The topological polar surface area (TPSA) is 60.7 Å². The Kier molecular flexibility index (Phi) is 3.03. The minimum Gasteiger partial charge on any atom is -0.390 e. The molecule has 10 heavy (non-hydrogen) atoms. The Labute approximate surface area is 62.7 Å². The molecule has 4 heteroatoms. The molecule has 0 bridgehead atoms. The van der Waals surface area contributed by atoms with E-state index in [-0.39, 0.29) is 0 Å². The van der Waals surface area contributed by atoms with Crippen molar-refractivity contribution in [2.75, 3.05) is 0 Å². The first-order valence-electron chi connectivity index (χ1n) is 3.48. The Morgan fingerprint density at radius 3 is 1.70 bits per heavy atom. The van der Waals surface area contributed by atoms with Crippen molar-refractivity contribution in [3.8, 4) is 0 Å². The van der Waals surface area contributed by atoms with Crippen molar-refractivity contribution in [2.45, 2.75) is 38.7 Å². The fourth-order valence-electron chi connectivity index (χ4n) is 0.793. The molecule has 0 saturated heterocycles. The summed E-state index contributed by atoms with van der Waals surface area (Å²) in [6.07, 6.45) is 1.49. The van der Waals surface area contributed by atoms with Gasteiger partial charge in [0.15, 0.2) is 0 Å². The van der Waals surface area contributed by atoms with Crippen LogP contribution in [0.1, 0.15) is 33.6 Å². The molecule has 0 aromatic heterocycles. The third-order valence-electron chi connectivity index (χ3n) is 1.78. The van der Waals surface area contributed by atoms with Crippen LogP contribution in [0, 0.1) is 0 Å². The molecule has 0 amide bonds. The van der Waals surface area contributed by atoms with Crippen molar-refractivity contribution in [1.29, 1.82) is 0 Å². The van der Waals surface area contributed by atoms with Crippen molar-refractivity contribution in [3.63, 3.8) is 0 Å². The van der Waals surface area contributed by atoms with Gasteiger partial charge < -0.3 is 14.4 Å². The molecule has 0 radical (unpaired) electrons. The molecule has 62 valence electrons. The maximum absolute atomic E-state index is 8.93. The molecule has 0 unspecified atom stereocenters. The highest BCUT2D eigenvalue weighted by Crippen LogP contribution is 2.36. The van der Waals surface area contributed by atoms with Crippen LogP contribution in [0.2, 0.25) is 5.04 Å². The van der Waals surface area contributed by atoms with Gasteiger partial charge in [0.2, 0.25) is 0 Å². The van der Waals surface area contributed by atoms with Gasteiger partial charge in [0.05, 0.1) is 0 Å². The summed E-state index contributed by atoms with van der Waals surface area (Å²) >= 11 is 0. The maximum Gasteiger partial charge on any atom is 0.498 e. The van der Waals surface area contributed by atoms with E-state index in [0.717, 1.165) is 6.42 Å². The predicted octanol–water partition coefficient (Wildman–Crippen LogP) is 0.482. The van der Waals surface area contributed by atoms with Crippen LogP contribution in [0.4, 0.5) is 0 Å². The maximum atomic E-state index is 8.93. The van der Waals surface area contributed by atoms with Gasteiger partial charge >= 0.3 is 8.80 Å². The van der Waals surface area contributed by atoms with Gasteiger partial charge in [0, 0.05) is 5.04 Å². The molecule has 0 heterocycles. The third kappa shape index (κ3) is 2.38. The molecule has 0 saturated carbocycles. The molecule has 3 nitrogen and oxygen atoms in total. The van der Waals surface area contributed by atoms with Crippen molar-refractivity contribution in [1.82, 2.24) is 0 Å². The second kappa shape index (κ2) is 3.00. The third-order valence-corrected chi connectivity index (χ3v) is 3.85. The van der Waals surface area contributed by atoms with Gasteiger partial charge in [-0.05, 0) is 6.42 Å². The Hall–Kier alpha value is 0.0969. The molecule has 3 N–H and O–H groups in total. The first-order chi connectivity index (χ1) is 4.31. The average Bonchev–Trinajstić information content (AvgIpc) is 1.61. The van der Waals surface area contributed by atoms with E-state index in [4.69, 9.17) is 14.4 Å². The molecule has 0 fully saturated rings. The van der Waals surface area contributed by atoms with Gasteiger partial charge in [-0.15, -0.1) is 0 Å². The zero-order valence-electron chi connectivity index (χ0n) is 6.76. The Bertz CT molecular complexity index is 106. The van der Waals surface area contributed by atoms with Gasteiger partial charge in [-0.3, -0.25) is 0 Å². The van der Waals surface area contributed by atoms with Crippen LogP contribution in [0.3, 0.4) is 0 Å². The van der Waals surface area contributed by atoms with Crippen LogP contribution in [0.15, 0.2) is 0 Å². The number of rotatable bonds is 3. The van der Waals surface area contributed by atoms with Gasteiger partial charge in [-0.2, -0.15) is 0 Å². The van der Waals surface area contributed by atoms with Gasteiger partial charge in [-0.1, -0.05) is 27.2 Å². The minimum atomic E-state index is -3.91. The summed E-state index contributed by atoms with van der Waals surface area (Å²) in [5, 5.41) is -0.707. The summed E-state index contributed by atoms with van der Waals surface area (Å²) in [4.78, 5) is 26.8. The van der Waals surface area contributed by atoms with E-state index < -0.39 is 13.8 Å². The lowest BCUT2D eigenvalue weighted by atomic mass is 10.1. The van der Waals surface area contributed by atoms with E-state index in [1.54, 1.807) is 13.8 Å². The monoisotopic (exact) mass is 164 g/mol. The Balaban J connectivity index is 4.10. The highest BCUT2D eigenvalue weighted by molar-refractivity contribution is 6.59. The Morgan fingerprint density at radius 2 is 1.60 bits per heavy atom. The lowest BCUT2D eigenvalue weighted by Crippen LogP contribution is -2.46. The van der Waals surface area contributed by atoms with E-state index in [1.807, 2.05) is 6.92 Å². The summed E-state index contributed by atoms with van der Waals surface area (Å²) in [6, 6.07) is 0. The van der Waals surface area contributed by atoms with Crippen LogP contribution >= 0.6 is 0 Å². The molecule has 0 aromatic carbocycles. The van der Waals surface area contributed by atoms with Crippen molar-refractivity contribution in [2.24, 2.45) is 0 Å². The van der Waals surface area contributed by atoms with E-state index in [2.05, 4.69) is 0 Å². The van der Waals surface area contributed by atoms with Gasteiger partial charge in [0.25, 0.3) is 0 Å². The predicted molar refractivity (Wildman–Crippen MR) is 41.4 cm³/mol. The minimum absolute atomic E-state index is 0.642. The summed E-state index contributed by atoms with van der Waals surface area (Å²) in [5.74, 6) is 0. The fraction of sp³-hybridized carbons (Fsp3) is 1.00. The average molecular weight is 164 g/mol. The van der Waals surface area contributed by atoms with Gasteiger partial charge in [-0.25, -0.2) is 0 Å². The highest BCUT2D eigenvalue weighted by atomic mass is 28.4. The van der Waals surface area contributed by atoms with Crippen LogP contribution in [-0.2, 0) is 0 Å². The Morgan fingerprint density at radius 1 is 1.20 bits per heavy atom. The van der Waals surface area contributed by atoms with Crippen LogP contribution < -0.4 is 0 Å². The lowest BCUT2D eigenvalue weighted by molar-refractivity contribution is 0.182. The SMILES string of the molecule is CCCC(C)(C)[Si](O)(O)O. The van der Waals surface area contributed by atoms with E-state index in [9.17, 15) is 0 Å².